The maximum absolute atomic E-state index is 11.7. The topological polar surface area (TPSA) is 52.1 Å². The summed E-state index contributed by atoms with van der Waals surface area (Å²) in [4.78, 5) is 20.6. The predicted octanol–water partition coefficient (Wildman–Crippen LogP) is 2.84. The summed E-state index contributed by atoms with van der Waals surface area (Å²) in [5.41, 5.74) is 4.05. The number of aryl methyl sites for hydroxylation is 2. The van der Waals surface area contributed by atoms with Gasteiger partial charge in [0.1, 0.15) is 0 Å². The van der Waals surface area contributed by atoms with Gasteiger partial charge in [-0.1, -0.05) is 6.08 Å². The van der Waals surface area contributed by atoms with E-state index in [1.54, 1.807) is 6.20 Å². The molecule has 1 aromatic heterocycles. The van der Waals surface area contributed by atoms with Crippen LogP contribution in [-0.4, -0.2) is 22.5 Å². The predicted molar refractivity (Wildman–Crippen MR) is 73.5 cm³/mol. The monoisotopic (exact) mass is 260 g/mol. The third-order valence-electron chi connectivity index (χ3n) is 3.41. The molecule has 2 rings (SSSR count). The Morgan fingerprint density at radius 1 is 1.47 bits per heavy atom. The van der Waals surface area contributed by atoms with Crippen LogP contribution >= 0.6 is 0 Å². The van der Waals surface area contributed by atoms with Crippen LogP contribution in [0.5, 0.6) is 0 Å². The highest BCUT2D eigenvalue weighted by Crippen LogP contribution is 2.30. The minimum atomic E-state index is -0.0788. The van der Waals surface area contributed by atoms with Crippen LogP contribution in [0.2, 0.25) is 0 Å². The summed E-state index contributed by atoms with van der Waals surface area (Å²) in [6.07, 6.45) is 6.33. The molecule has 0 N–H and O–H groups in total. The molecule has 0 saturated carbocycles. The average Bonchev–Trinajstić information content (AvgIpc) is 2.42. The van der Waals surface area contributed by atoms with Gasteiger partial charge >= 0.3 is 5.97 Å². The minimum absolute atomic E-state index is 0.00164. The summed E-state index contributed by atoms with van der Waals surface area (Å²) in [6.45, 7) is 6.21. The van der Waals surface area contributed by atoms with Crippen LogP contribution < -0.4 is 0 Å². The summed E-state index contributed by atoms with van der Waals surface area (Å²) in [6, 6.07) is 0. The van der Waals surface area contributed by atoms with E-state index < -0.39 is 0 Å². The van der Waals surface area contributed by atoms with Crippen molar-refractivity contribution in [3.05, 3.63) is 29.4 Å². The molecule has 4 heteroatoms. The summed E-state index contributed by atoms with van der Waals surface area (Å²) >= 11 is 0. The van der Waals surface area contributed by atoms with E-state index in [1.807, 2.05) is 20.8 Å². The van der Waals surface area contributed by atoms with Gasteiger partial charge in [-0.25, -0.2) is 4.98 Å². The Kier molecular flexibility index (Phi) is 4.30. The molecule has 0 spiro atoms. The first-order chi connectivity index (χ1) is 9.11. The van der Waals surface area contributed by atoms with Gasteiger partial charge in [-0.2, -0.15) is 0 Å². The molecule has 4 nitrogen and oxygen atoms in total. The molecule has 0 bridgehead atoms. The second kappa shape index (κ2) is 5.95. The molecule has 0 fully saturated rings. The van der Waals surface area contributed by atoms with E-state index in [1.165, 1.54) is 5.57 Å². The average molecular weight is 260 g/mol. The Hall–Kier alpha value is -1.71. The van der Waals surface area contributed by atoms with Crippen LogP contribution in [0.1, 0.15) is 43.3 Å². The summed E-state index contributed by atoms with van der Waals surface area (Å²) in [5.74, 6) is -0.0772. The van der Waals surface area contributed by atoms with Crippen molar-refractivity contribution in [2.24, 2.45) is 5.92 Å². The highest BCUT2D eigenvalue weighted by atomic mass is 16.5. The molecule has 102 valence electrons. The smallest absolute Gasteiger partial charge is 0.309 e. The lowest BCUT2D eigenvalue weighted by atomic mass is 9.88. The molecule has 19 heavy (non-hydrogen) atoms. The highest BCUT2D eigenvalue weighted by Gasteiger charge is 2.24. The maximum atomic E-state index is 11.7. The third kappa shape index (κ3) is 3.19. The summed E-state index contributed by atoms with van der Waals surface area (Å²) < 4.78 is 5.07. The number of carbonyl (C=O) groups is 1. The Labute approximate surface area is 113 Å². The van der Waals surface area contributed by atoms with Gasteiger partial charge in [0.25, 0.3) is 0 Å². The quantitative estimate of drug-likeness (QED) is 0.784. The van der Waals surface area contributed by atoms with Crippen LogP contribution in [-0.2, 0) is 9.53 Å². The van der Waals surface area contributed by atoms with Gasteiger partial charge in [0.05, 0.1) is 29.6 Å². The van der Waals surface area contributed by atoms with Crippen molar-refractivity contribution in [2.45, 2.75) is 40.0 Å². The van der Waals surface area contributed by atoms with E-state index in [0.29, 0.717) is 6.61 Å². The lowest BCUT2D eigenvalue weighted by Crippen LogP contribution is -2.20. The molecule has 0 amide bonds. The van der Waals surface area contributed by atoms with E-state index in [2.05, 4.69) is 16.0 Å². The first-order valence-corrected chi connectivity index (χ1v) is 6.78. The zero-order valence-electron chi connectivity index (χ0n) is 11.8. The van der Waals surface area contributed by atoms with E-state index in [4.69, 9.17) is 4.74 Å². The van der Waals surface area contributed by atoms with E-state index >= 15 is 0 Å². The fourth-order valence-corrected chi connectivity index (χ4v) is 2.37. The third-order valence-corrected chi connectivity index (χ3v) is 3.41. The zero-order chi connectivity index (χ0) is 13.8. The second-order valence-electron chi connectivity index (χ2n) is 4.90. The SMILES string of the molecule is CCOC(=O)C1CC=C(c2nc(C)cnc2C)CC1. The van der Waals surface area contributed by atoms with Crippen LogP contribution in [0.15, 0.2) is 12.3 Å². The lowest BCUT2D eigenvalue weighted by molar-refractivity contribution is -0.148. The standard InChI is InChI=1S/C15H20N2O2/c1-4-19-15(18)13-7-5-12(6-8-13)14-11(3)16-9-10(2)17-14/h5,9,13H,4,6-8H2,1-3H3. The molecule has 0 saturated heterocycles. The molecular weight excluding hydrogens is 240 g/mol. The van der Waals surface area contributed by atoms with Gasteiger partial charge in [-0.3, -0.25) is 9.78 Å². The molecule has 1 atom stereocenters. The van der Waals surface area contributed by atoms with Crippen molar-refractivity contribution in [1.82, 2.24) is 9.97 Å². The number of carbonyl (C=O) groups excluding carboxylic acids is 1. The first kappa shape index (κ1) is 13.7. The molecule has 0 aromatic carbocycles. The first-order valence-electron chi connectivity index (χ1n) is 6.78. The number of ether oxygens (including phenoxy) is 1. The van der Waals surface area contributed by atoms with E-state index in [-0.39, 0.29) is 11.9 Å². The van der Waals surface area contributed by atoms with Gasteiger partial charge < -0.3 is 4.74 Å². The number of nitrogens with zero attached hydrogens (tertiary/aromatic N) is 2. The minimum Gasteiger partial charge on any atom is -0.466 e. The molecular formula is C15H20N2O2. The zero-order valence-corrected chi connectivity index (χ0v) is 11.8. The van der Waals surface area contributed by atoms with Crippen molar-refractivity contribution in [3.8, 4) is 0 Å². The fourth-order valence-electron chi connectivity index (χ4n) is 2.37. The molecule has 0 aliphatic heterocycles. The van der Waals surface area contributed by atoms with Gasteiger partial charge in [0, 0.05) is 6.20 Å². The maximum Gasteiger partial charge on any atom is 0.309 e. The Bertz CT molecular complexity index is 509. The van der Waals surface area contributed by atoms with Gasteiger partial charge in [-0.05, 0) is 45.6 Å². The summed E-state index contributed by atoms with van der Waals surface area (Å²) in [7, 11) is 0. The van der Waals surface area contributed by atoms with Crippen LogP contribution in [0.25, 0.3) is 5.57 Å². The molecule has 1 aliphatic carbocycles. The second-order valence-corrected chi connectivity index (χ2v) is 4.90. The molecule has 1 heterocycles. The normalized spacial score (nSPS) is 18.9. The van der Waals surface area contributed by atoms with Crippen LogP contribution in [0.3, 0.4) is 0 Å². The van der Waals surface area contributed by atoms with E-state index in [9.17, 15) is 4.79 Å². The number of esters is 1. The van der Waals surface area contributed by atoms with Crippen LogP contribution in [0, 0.1) is 19.8 Å². The van der Waals surface area contributed by atoms with Crippen LogP contribution in [0.4, 0.5) is 0 Å². The highest BCUT2D eigenvalue weighted by molar-refractivity contribution is 5.75. The number of hydrogen-bond donors (Lipinski definition) is 0. The Morgan fingerprint density at radius 3 is 2.89 bits per heavy atom. The fraction of sp³-hybridized carbons (Fsp3) is 0.533. The number of aromatic nitrogens is 2. The number of hydrogen-bond acceptors (Lipinski definition) is 4. The Morgan fingerprint density at radius 2 is 2.26 bits per heavy atom. The van der Waals surface area contributed by atoms with Crippen molar-refractivity contribution in [2.75, 3.05) is 6.61 Å². The van der Waals surface area contributed by atoms with Crippen molar-refractivity contribution >= 4 is 11.5 Å². The van der Waals surface area contributed by atoms with Gasteiger partial charge in [0.2, 0.25) is 0 Å². The molecule has 0 radical (unpaired) electrons. The number of rotatable bonds is 3. The molecule has 1 unspecified atom stereocenters. The summed E-state index contributed by atoms with van der Waals surface area (Å²) in [5, 5.41) is 0. The van der Waals surface area contributed by atoms with Gasteiger partial charge in [-0.15, -0.1) is 0 Å². The number of allylic oxidation sites excluding steroid dienone is 2. The van der Waals surface area contributed by atoms with Crippen molar-refractivity contribution < 1.29 is 9.53 Å². The Balaban J connectivity index is 2.12. The molecule has 1 aromatic rings. The molecule has 1 aliphatic rings. The largest absolute Gasteiger partial charge is 0.466 e. The van der Waals surface area contributed by atoms with E-state index in [0.717, 1.165) is 36.3 Å². The lowest BCUT2D eigenvalue weighted by Gasteiger charge is -2.20. The van der Waals surface area contributed by atoms with Crippen molar-refractivity contribution in [3.63, 3.8) is 0 Å². The van der Waals surface area contributed by atoms with Crippen molar-refractivity contribution in [1.29, 1.82) is 0 Å². The van der Waals surface area contributed by atoms with Gasteiger partial charge in [0.15, 0.2) is 0 Å².